The van der Waals surface area contributed by atoms with E-state index < -0.39 is 0 Å². The van der Waals surface area contributed by atoms with E-state index >= 15 is 0 Å². The van der Waals surface area contributed by atoms with Gasteiger partial charge in [0.2, 0.25) is 0 Å². The highest BCUT2D eigenvalue weighted by molar-refractivity contribution is 6.42. The number of hydrogen-bond acceptors (Lipinski definition) is 1. The molecule has 0 heterocycles. The molecule has 0 aliphatic carbocycles. The van der Waals surface area contributed by atoms with Gasteiger partial charge < -0.3 is 4.74 Å². The summed E-state index contributed by atoms with van der Waals surface area (Å²) in [4.78, 5) is 0. The summed E-state index contributed by atoms with van der Waals surface area (Å²) >= 11 is 12.4. The second-order valence-corrected chi connectivity index (χ2v) is 6.92. The molecule has 128 valence electrons. The number of rotatable bonds is 3. The van der Waals surface area contributed by atoms with Gasteiger partial charge >= 0.3 is 0 Å². The fourth-order valence-corrected chi connectivity index (χ4v) is 3.45. The minimum atomic E-state index is 0.554. The highest BCUT2D eigenvalue weighted by atomic mass is 35.5. The van der Waals surface area contributed by atoms with E-state index in [9.17, 15) is 0 Å². The van der Waals surface area contributed by atoms with Gasteiger partial charge in [-0.1, -0.05) is 65.7 Å². The van der Waals surface area contributed by atoms with Gasteiger partial charge in [0.05, 0.1) is 17.2 Å². The number of benzene rings is 4. The van der Waals surface area contributed by atoms with Gasteiger partial charge in [-0.3, -0.25) is 0 Å². The molecule has 3 heteroatoms. The Morgan fingerprint density at radius 2 is 1.19 bits per heavy atom. The minimum Gasteiger partial charge on any atom is -0.497 e. The van der Waals surface area contributed by atoms with Gasteiger partial charge in [0.1, 0.15) is 5.75 Å². The average molecular weight is 379 g/mol. The molecule has 0 aromatic heterocycles. The van der Waals surface area contributed by atoms with Crippen LogP contribution in [-0.4, -0.2) is 7.11 Å². The lowest BCUT2D eigenvalue weighted by Gasteiger charge is -2.14. The van der Waals surface area contributed by atoms with Crippen LogP contribution in [0.1, 0.15) is 0 Å². The van der Waals surface area contributed by atoms with Crippen molar-refractivity contribution in [1.82, 2.24) is 0 Å². The lowest BCUT2D eigenvalue weighted by Crippen LogP contribution is -1.88. The van der Waals surface area contributed by atoms with Crippen LogP contribution in [0.2, 0.25) is 10.0 Å². The van der Waals surface area contributed by atoms with Crippen LogP contribution in [0.15, 0.2) is 78.9 Å². The first kappa shape index (κ1) is 17.0. The van der Waals surface area contributed by atoms with Gasteiger partial charge in [-0.05, 0) is 69.4 Å². The number of ether oxygens (including phenoxy) is 1. The van der Waals surface area contributed by atoms with E-state index in [0.29, 0.717) is 10.0 Å². The molecule has 0 aliphatic rings. The van der Waals surface area contributed by atoms with Crippen LogP contribution in [0.3, 0.4) is 0 Å². The van der Waals surface area contributed by atoms with Crippen LogP contribution in [0, 0.1) is 0 Å². The molecule has 1 nitrogen and oxygen atoms in total. The quantitative estimate of drug-likeness (QED) is 0.358. The first-order valence-electron chi connectivity index (χ1n) is 8.28. The van der Waals surface area contributed by atoms with Crippen molar-refractivity contribution in [2.45, 2.75) is 0 Å². The molecule has 0 radical (unpaired) electrons. The maximum Gasteiger partial charge on any atom is 0.118 e. The summed E-state index contributed by atoms with van der Waals surface area (Å²) in [7, 11) is 1.67. The molecule has 0 aliphatic heterocycles. The van der Waals surface area contributed by atoms with Crippen molar-refractivity contribution in [3.05, 3.63) is 88.9 Å². The van der Waals surface area contributed by atoms with E-state index in [-0.39, 0.29) is 0 Å². The van der Waals surface area contributed by atoms with Crippen LogP contribution in [0.4, 0.5) is 0 Å². The lowest BCUT2D eigenvalue weighted by atomic mass is 9.91. The first-order valence-corrected chi connectivity index (χ1v) is 9.04. The summed E-state index contributed by atoms with van der Waals surface area (Å²) in [5.41, 5.74) is 4.42. The molecule has 0 N–H and O–H groups in total. The van der Waals surface area contributed by atoms with Gasteiger partial charge in [-0.2, -0.15) is 0 Å². The molecule has 0 saturated heterocycles. The predicted octanol–water partition coefficient (Wildman–Crippen LogP) is 7.49. The molecule has 4 rings (SSSR count). The van der Waals surface area contributed by atoms with E-state index in [1.807, 2.05) is 36.4 Å². The van der Waals surface area contributed by atoms with E-state index in [2.05, 4.69) is 42.5 Å². The fraction of sp³-hybridized carbons (Fsp3) is 0.0435. The summed E-state index contributed by atoms with van der Waals surface area (Å²) < 4.78 is 5.29. The van der Waals surface area contributed by atoms with E-state index in [0.717, 1.165) is 28.0 Å². The largest absolute Gasteiger partial charge is 0.497 e. The van der Waals surface area contributed by atoms with Crippen LogP contribution in [0.5, 0.6) is 5.75 Å². The number of methoxy groups -OCH3 is 1. The normalized spacial score (nSPS) is 10.9. The Morgan fingerprint density at radius 3 is 1.77 bits per heavy atom. The monoisotopic (exact) mass is 378 g/mol. The topological polar surface area (TPSA) is 9.23 Å². The molecule has 0 fully saturated rings. The smallest absolute Gasteiger partial charge is 0.118 e. The number of hydrogen-bond donors (Lipinski definition) is 0. The standard InChI is InChI=1S/C23H16Cl2O/c1-26-19-9-6-15(7-10-19)20-12-16-4-2-3-5-17(16)13-21(20)18-8-11-22(24)23(25)14-18/h2-14H,1H3. The van der Waals surface area contributed by atoms with Crippen molar-refractivity contribution in [1.29, 1.82) is 0 Å². The average Bonchev–Trinajstić information content (AvgIpc) is 2.69. The first-order chi connectivity index (χ1) is 12.7. The molecule has 0 spiro atoms. The molecule has 0 bridgehead atoms. The van der Waals surface area contributed by atoms with Crippen molar-refractivity contribution < 1.29 is 4.74 Å². The van der Waals surface area contributed by atoms with Crippen molar-refractivity contribution in [2.24, 2.45) is 0 Å². The molecule has 4 aromatic carbocycles. The highest BCUT2D eigenvalue weighted by Gasteiger charge is 2.11. The van der Waals surface area contributed by atoms with Crippen LogP contribution in [-0.2, 0) is 0 Å². The van der Waals surface area contributed by atoms with Gasteiger partial charge in [0, 0.05) is 0 Å². The zero-order chi connectivity index (χ0) is 18.1. The van der Waals surface area contributed by atoms with Crippen LogP contribution < -0.4 is 4.74 Å². The fourth-order valence-electron chi connectivity index (χ4n) is 3.15. The summed E-state index contributed by atoms with van der Waals surface area (Å²) in [6.07, 6.45) is 0. The van der Waals surface area contributed by atoms with Gasteiger partial charge in [0.15, 0.2) is 0 Å². The third-order valence-electron chi connectivity index (χ3n) is 4.52. The third-order valence-corrected chi connectivity index (χ3v) is 5.26. The zero-order valence-corrected chi connectivity index (χ0v) is 15.7. The Hall–Kier alpha value is -2.48. The Morgan fingerprint density at radius 1 is 0.615 bits per heavy atom. The van der Waals surface area contributed by atoms with Crippen molar-refractivity contribution in [3.8, 4) is 28.0 Å². The molecule has 0 atom stereocenters. The molecule has 26 heavy (non-hydrogen) atoms. The molecular weight excluding hydrogens is 363 g/mol. The maximum atomic E-state index is 6.27. The van der Waals surface area contributed by atoms with E-state index in [4.69, 9.17) is 27.9 Å². The Kier molecular flexibility index (Phi) is 4.58. The Bertz CT molecular complexity index is 1090. The second-order valence-electron chi connectivity index (χ2n) is 6.10. The summed E-state index contributed by atoms with van der Waals surface area (Å²) in [6, 6.07) is 26.6. The van der Waals surface area contributed by atoms with Crippen LogP contribution in [0.25, 0.3) is 33.0 Å². The van der Waals surface area contributed by atoms with E-state index in [1.165, 1.54) is 10.8 Å². The molecule has 0 amide bonds. The van der Waals surface area contributed by atoms with E-state index in [1.54, 1.807) is 7.11 Å². The van der Waals surface area contributed by atoms with Crippen molar-refractivity contribution in [3.63, 3.8) is 0 Å². The molecule has 0 saturated carbocycles. The highest BCUT2D eigenvalue weighted by Crippen LogP contribution is 2.38. The van der Waals surface area contributed by atoms with Crippen molar-refractivity contribution in [2.75, 3.05) is 7.11 Å². The molecular formula is C23H16Cl2O. The second kappa shape index (κ2) is 7.03. The number of fused-ring (bicyclic) bond motifs is 1. The SMILES string of the molecule is COc1ccc(-c2cc3ccccc3cc2-c2ccc(Cl)c(Cl)c2)cc1. The molecule has 4 aromatic rings. The van der Waals surface area contributed by atoms with Crippen molar-refractivity contribution >= 4 is 34.0 Å². The summed E-state index contributed by atoms with van der Waals surface area (Å²) in [5.74, 6) is 0.839. The van der Waals surface area contributed by atoms with Gasteiger partial charge in [-0.15, -0.1) is 0 Å². The Balaban J connectivity index is 1.97. The molecule has 0 unspecified atom stereocenters. The minimum absolute atomic E-state index is 0.554. The zero-order valence-electron chi connectivity index (χ0n) is 14.2. The third kappa shape index (κ3) is 3.16. The van der Waals surface area contributed by atoms with Gasteiger partial charge in [0.25, 0.3) is 0 Å². The summed E-state index contributed by atoms with van der Waals surface area (Å²) in [6.45, 7) is 0. The number of halogens is 2. The Labute approximate surface area is 162 Å². The summed E-state index contributed by atoms with van der Waals surface area (Å²) in [5, 5.41) is 3.49. The predicted molar refractivity (Wildman–Crippen MR) is 111 cm³/mol. The van der Waals surface area contributed by atoms with Crippen LogP contribution >= 0.6 is 23.2 Å². The lowest BCUT2D eigenvalue weighted by molar-refractivity contribution is 0.415. The maximum absolute atomic E-state index is 6.27. The van der Waals surface area contributed by atoms with Gasteiger partial charge in [-0.25, -0.2) is 0 Å².